The molecule has 0 radical (unpaired) electrons. The third-order valence-electron chi connectivity index (χ3n) is 5.17. The highest BCUT2D eigenvalue weighted by Crippen LogP contribution is 2.36. The zero-order chi connectivity index (χ0) is 20.4. The molecule has 0 bridgehead atoms. The minimum Gasteiger partial charge on any atom is -0.497 e. The first kappa shape index (κ1) is 19.7. The number of rotatable bonds is 8. The van der Waals surface area contributed by atoms with E-state index in [1.807, 2.05) is 0 Å². The maximum atomic E-state index is 12.2. The van der Waals surface area contributed by atoms with E-state index in [1.165, 1.54) is 7.11 Å². The fourth-order valence-electron chi connectivity index (χ4n) is 3.91. The highest BCUT2D eigenvalue weighted by Gasteiger charge is 2.40. The van der Waals surface area contributed by atoms with Crippen molar-refractivity contribution in [3.8, 4) is 5.75 Å². The number of aryl methyl sites for hydroxylation is 1. The molecule has 1 aromatic heterocycles. The maximum Gasteiger partial charge on any atom is 0.325 e. The van der Waals surface area contributed by atoms with Crippen LogP contribution in [-0.2, 0) is 20.9 Å². The first-order valence-electron chi connectivity index (χ1n) is 9.00. The van der Waals surface area contributed by atoms with Gasteiger partial charge in [0.1, 0.15) is 11.8 Å². The molecule has 1 saturated heterocycles. The summed E-state index contributed by atoms with van der Waals surface area (Å²) in [5.41, 5.74) is 6.68. The first-order valence-corrected chi connectivity index (χ1v) is 9.00. The van der Waals surface area contributed by atoms with Gasteiger partial charge in [-0.25, -0.2) is 0 Å². The lowest BCUT2D eigenvalue weighted by atomic mass is 10.0. The summed E-state index contributed by atoms with van der Waals surface area (Å²) in [6, 6.07) is 3.52. The van der Waals surface area contributed by atoms with E-state index < -0.39 is 29.9 Å². The topological polar surface area (TPSA) is 135 Å². The Labute approximate surface area is 161 Å². The fraction of sp³-hybridized carbons (Fsp3) is 0.421. The van der Waals surface area contributed by atoms with Gasteiger partial charge in [-0.3, -0.25) is 19.3 Å². The van der Waals surface area contributed by atoms with Crippen LogP contribution in [0.1, 0.15) is 30.9 Å². The summed E-state index contributed by atoms with van der Waals surface area (Å²) in [5.74, 6) is -2.02. The number of nitrogens with zero attached hydrogens (tertiary/aromatic N) is 2. The summed E-state index contributed by atoms with van der Waals surface area (Å²) >= 11 is 0. The average molecular weight is 389 g/mol. The molecule has 0 spiro atoms. The zero-order valence-corrected chi connectivity index (χ0v) is 15.5. The Morgan fingerprint density at radius 2 is 2.07 bits per heavy atom. The number of aromatic nitrogens is 1. The molecule has 1 aromatic carbocycles. The largest absolute Gasteiger partial charge is 0.497 e. The van der Waals surface area contributed by atoms with Crippen molar-refractivity contribution in [2.24, 2.45) is 5.73 Å². The minimum atomic E-state index is -1.09. The molecule has 1 amide bonds. The van der Waals surface area contributed by atoms with Crippen molar-refractivity contribution in [3.63, 3.8) is 0 Å². The molecule has 0 aliphatic carbocycles. The number of ether oxygens (including phenoxy) is 1. The van der Waals surface area contributed by atoms with E-state index in [0.29, 0.717) is 41.6 Å². The van der Waals surface area contributed by atoms with Crippen LogP contribution in [0.3, 0.4) is 0 Å². The van der Waals surface area contributed by atoms with Gasteiger partial charge in [-0.1, -0.05) is 0 Å². The van der Waals surface area contributed by atoms with Crippen LogP contribution >= 0.6 is 0 Å². The van der Waals surface area contributed by atoms with Crippen LogP contribution in [0.2, 0.25) is 0 Å². The van der Waals surface area contributed by atoms with E-state index in [4.69, 9.17) is 15.6 Å². The number of carbonyl (C=O) groups excluding carboxylic acids is 1. The normalized spacial score (nSPS) is 18.2. The molecule has 3 rings (SSSR count). The smallest absolute Gasteiger partial charge is 0.325 e. The number of hydrogen-bond donors (Lipinski definition) is 3. The van der Waals surface area contributed by atoms with Gasteiger partial charge in [-0.15, -0.1) is 0 Å². The highest BCUT2D eigenvalue weighted by molar-refractivity contribution is 5.91. The van der Waals surface area contributed by atoms with E-state index in [2.05, 4.69) is 0 Å². The van der Waals surface area contributed by atoms with Crippen LogP contribution in [0.5, 0.6) is 5.75 Å². The Bertz CT molecular complexity index is 922. The van der Waals surface area contributed by atoms with Gasteiger partial charge in [0.15, 0.2) is 0 Å². The number of carboxylic acids is 2. The Balaban J connectivity index is 2.13. The monoisotopic (exact) mass is 389 g/mol. The molecule has 1 unspecified atom stereocenters. The van der Waals surface area contributed by atoms with E-state index in [0.717, 1.165) is 0 Å². The van der Waals surface area contributed by atoms with Crippen LogP contribution in [0.4, 0.5) is 0 Å². The number of carbonyl (C=O) groups is 3. The van der Waals surface area contributed by atoms with Crippen molar-refractivity contribution in [3.05, 3.63) is 30.0 Å². The average Bonchev–Trinajstić information content (AvgIpc) is 3.25. The molecule has 9 heteroatoms. The quantitative estimate of drug-likeness (QED) is 0.617. The van der Waals surface area contributed by atoms with Gasteiger partial charge >= 0.3 is 11.9 Å². The van der Waals surface area contributed by atoms with Crippen molar-refractivity contribution in [1.82, 2.24) is 9.47 Å². The molecule has 28 heavy (non-hydrogen) atoms. The summed E-state index contributed by atoms with van der Waals surface area (Å²) in [5, 5.41) is 19.6. The number of primary amides is 1. The molecule has 1 aliphatic heterocycles. The molecule has 2 atom stereocenters. The number of carboxylic acid groups (broad SMARTS) is 2. The number of hydrogen-bond acceptors (Lipinski definition) is 5. The van der Waals surface area contributed by atoms with Gasteiger partial charge in [0.05, 0.1) is 19.6 Å². The van der Waals surface area contributed by atoms with E-state index >= 15 is 0 Å². The summed E-state index contributed by atoms with van der Waals surface area (Å²) < 4.78 is 7.00. The number of fused-ring (bicyclic) bond motifs is 1. The molecule has 2 heterocycles. The lowest BCUT2D eigenvalue weighted by Crippen LogP contribution is -2.44. The molecule has 0 saturated carbocycles. The zero-order valence-electron chi connectivity index (χ0n) is 15.5. The summed E-state index contributed by atoms with van der Waals surface area (Å²) in [7, 11) is 1.51. The second-order valence-electron chi connectivity index (χ2n) is 6.84. The van der Waals surface area contributed by atoms with Crippen LogP contribution in [0, 0.1) is 0 Å². The van der Waals surface area contributed by atoms with E-state index in [1.54, 1.807) is 33.9 Å². The Hall–Kier alpha value is -3.07. The van der Waals surface area contributed by atoms with Crippen molar-refractivity contribution in [2.45, 2.75) is 37.9 Å². The summed E-state index contributed by atoms with van der Waals surface area (Å²) in [4.78, 5) is 36.6. The van der Waals surface area contributed by atoms with Gasteiger partial charge in [0, 0.05) is 35.8 Å². The molecule has 150 valence electrons. The Kier molecular flexibility index (Phi) is 5.55. The number of amides is 1. The van der Waals surface area contributed by atoms with Gasteiger partial charge in [-0.2, -0.15) is 0 Å². The lowest BCUT2D eigenvalue weighted by Gasteiger charge is -2.28. The molecular weight excluding hydrogens is 366 g/mol. The third-order valence-corrected chi connectivity index (χ3v) is 5.17. The number of aliphatic carboxylic acids is 2. The SMILES string of the molecule is COc1ccc2c(c1)c(C(C(=O)O)N1CCC[C@H]1C(N)=O)cn2CCC(=O)O. The van der Waals surface area contributed by atoms with Crippen LogP contribution < -0.4 is 10.5 Å². The second kappa shape index (κ2) is 7.89. The first-order chi connectivity index (χ1) is 13.3. The van der Waals surface area contributed by atoms with Gasteiger partial charge < -0.3 is 25.3 Å². The summed E-state index contributed by atoms with van der Waals surface area (Å²) in [6.45, 7) is 0.639. The van der Waals surface area contributed by atoms with Crippen molar-refractivity contribution in [2.75, 3.05) is 13.7 Å². The van der Waals surface area contributed by atoms with Gasteiger partial charge in [-0.05, 0) is 31.0 Å². The number of benzene rings is 1. The lowest BCUT2D eigenvalue weighted by molar-refractivity contribution is -0.145. The number of nitrogens with two attached hydrogens (primary N) is 1. The third kappa shape index (κ3) is 3.65. The van der Waals surface area contributed by atoms with Crippen molar-refractivity contribution >= 4 is 28.7 Å². The molecule has 1 aliphatic rings. The predicted molar refractivity (Wildman–Crippen MR) is 100 cm³/mol. The van der Waals surface area contributed by atoms with Crippen LogP contribution in [0.15, 0.2) is 24.4 Å². The van der Waals surface area contributed by atoms with E-state index in [9.17, 15) is 19.5 Å². The van der Waals surface area contributed by atoms with Crippen LogP contribution in [0.25, 0.3) is 10.9 Å². The highest BCUT2D eigenvalue weighted by atomic mass is 16.5. The van der Waals surface area contributed by atoms with Gasteiger partial charge in [0.25, 0.3) is 0 Å². The van der Waals surface area contributed by atoms with Crippen LogP contribution in [-0.4, -0.2) is 57.2 Å². The van der Waals surface area contributed by atoms with E-state index in [-0.39, 0.29) is 13.0 Å². The molecule has 9 nitrogen and oxygen atoms in total. The standard InChI is InChI=1S/C19H23N3O6/c1-28-11-4-5-14-12(9-11)13(10-21(14)8-6-16(23)24)17(19(26)27)22-7-2-3-15(22)18(20)25/h4-5,9-10,15,17H,2-3,6-8H2,1H3,(H2,20,25)(H,23,24)(H,26,27)/t15-,17?/m0/s1. The maximum absolute atomic E-state index is 12.2. The minimum absolute atomic E-state index is 0.0966. The second-order valence-corrected chi connectivity index (χ2v) is 6.84. The Morgan fingerprint density at radius 3 is 2.68 bits per heavy atom. The fourth-order valence-corrected chi connectivity index (χ4v) is 3.91. The number of likely N-dealkylation sites (tertiary alicyclic amines) is 1. The molecule has 4 N–H and O–H groups in total. The van der Waals surface area contributed by atoms with Crippen molar-refractivity contribution in [1.29, 1.82) is 0 Å². The molecule has 1 fully saturated rings. The molecule has 2 aromatic rings. The number of methoxy groups -OCH3 is 1. The Morgan fingerprint density at radius 1 is 1.32 bits per heavy atom. The predicted octanol–water partition coefficient (Wildman–Crippen LogP) is 1.20. The molecular formula is C19H23N3O6. The summed E-state index contributed by atoms with van der Waals surface area (Å²) in [6.07, 6.45) is 2.75. The van der Waals surface area contributed by atoms with Gasteiger partial charge in [0.2, 0.25) is 5.91 Å². The van der Waals surface area contributed by atoms with Crippen molar-refractivity contribution < 1.29 is 29.3 Å².